The molecule has 134 valence electrons. The number of imide groups is 1. The van der Waals surface area contributed by atoms with E-state index >= 15 is 0 Å². The van der Waals surface area contributed by atoms with E-state index in [1.54, 1.807) is 36.4 Å². The molecule has 0 saturated carbocycles. The third-order valence-corrected chi connectivity index (χ3v) is 4.64. The van der Waals surface area contributed by atoms with Gasteiger partial charge in [0.05, 0.1) is 11.1 Å². The number of fused-ring (bicyclic) bond motifs is 1. The molecule has 3 amide bonds. The van der Waals surface area contributed by atoms with Crippen LogP contribution < -0.4 is 5.32 Å². The van der Waals surface area contributed by atoms with Crippen LogP contribution in [0.3, 0.4) is 0 Å². The molecule has 7 heteroatoms. The Morgan fingerprint density at radius 3 is 2.38 bits per heavy atom. The summed E-state index contributed by atoms with van der Waals surface area (Å²) in [6.07, 6.45) is 0.487. The fourth-order valence-corrected chi connectivity index (χ4v) is 3.21. The third kappa shape index (κ3) is 3.83. The van der Waals surface area contributed by atoms with Gasteiger partial charge in [0.25, 0.3) is 11.8 Å². The number of rotatable bonds is 6. The molecule has 2 aromatic carbocycles. The first kappa shape index (κ1) is 18.3. The van der Waals surface area contributed by atoms with Crippen LogP contribution in [-0.4, -0.2) is 29.2 Å². The van der Waals surface area contributed by atoms with E-state index in [1.807, 2.05) is 0 Å². The fourth-order valence-electron chi connectivity index (χ4n) is 2.80. The van der Waals surface area contributed by atoms with Gasteiger partial charge in [-0.25, -0.2) is 4.39 Å². The van der Waals surface area contributed by atoms with Gasteiger partial charge in [-0.2, -0.15) is 0 Å². The Kier molecular flexibility index (Phi) is 5.46. The maximum Gasteiger partial charge on any atom is 0.261 e. The summed E-state index contributed by atoms with van der Waals surface area (Å²) in [4.78, 5) is 37.5. The van der Waals surface area contributed by atoms with Gasteiger partial charge < -0.3 is 5.32 Å². The van der Waals surface area contributed by atoms with Crippen LogP contribution in [-0.2, 0) is 11.3 Å². The number of amides is 3. The lowest BCUT2D eigenvalue weighted by atomic mass is 10.1. The van der Waals surface area contributed by atoms with Crippen LogP contribution in [0.1, 0.15) is 39.1 Å². The average molecular weight is 419 g/mol. The molecule has 0 fully saturated rings. The Hall–Kier alpha value is -2.54. The number of hydrogen-bond donors (Lipinski definition) is 1. The molecule has 2 aromatic rings. The van der Waals surface area contributed by atoms with Gasteiger partial charge in [-0.05, 0) is 36.8 Å². The van der Waals surface area contributed by atoms with Gasteiger partial charge in [-0.3, -0.25) is 19.3 Å². The predicted octanol–water partition coefficient (Wildman–Crippen LogP) is 3.28. The molecule has 0 aliphatic carbocycles. The van der Waals surface area contributed by atoms with Gasteiger partial charge in [0.1, 0.15) is 5.82 Å². The second-order valence-electron chi connectivity index (χ2n) is 5.92. The zero-order valence-electron chi connectivity index (χ0n) is 13.8. The summed E-state index contributed by atoms with van der Waals surface area (Å²) in [5.41, 5.74) is 1.17. The molecule has 0 spiro atoms. The minimum absolute atomic E-state index is 0.0805. The largest absolute Gasteiger partial charge is 0.352 e. The van der Waals surface area contributed by atoms with E-state index in [4.69, 9.17) is 0 Å². The van der Waals surface area contributed by atoms with E-state index in [0.29, 0.717) is 23.1 Å². The number of halogens is 2. The SMILES string of the molecule is O=C(CCCN1C(=O)c2ccccc2C1=O)NCc1cc(Br)ccc1F. The van der Waals surface area contributed by atoms with Crippen LogP contribution in [0.5, 0.6) is 0 Å². The van der Waals surface area contributed by atoms with Crippen molar-refractivity contribution in [3.8, 4) is 0 Å². The van der Waals surface area contributed by atoms with Crippen molar-refractivity contribution in [3.63, 3.8) is 0 Å². The molecular formula is C19H16BrFN2O3. The highest BCUT2D eigenvalue weighted by molar-refractivity contribution is 9.10. The number of carbonyl (C=O) groups is 3. The molecule has 0 saturated heterocycles. The first-order chi connectivity index (χ1) is 12.5. The molecule has 0 radical (unpaired) electrons. The maximum atomic E-state index is 13.6. The molecule has 1 aliphatic rings. The Balaban J connectivity index is 1.48. The Morgan fingerprint density at radius 2 is 1.73 bits per heavy atom. The Labute approximate surface area is 158 Å². The van der Waals surface area contributed by atoms with Gasteiger partial charge in [-0.1, -0.05) is 28.1 Å². The monoisotopic (exact) mass is 418 g/mol. The maximum absolute atomic E-state index is 13.6. The van der Waals surface area contributed by atoms with Gasteiger partial charge in [-0.15, -0.1) is 0 Å². The minimum atomic E-state index is -0.389. The van der Waals surface area contributed by atoms with Gasteiger partial charge in [0, 0.05) is 29.5 Å². The van der Waals surface area contributed by atoms with Crippen molar-refractivity contribution in [3.05, 3.63) is 69.4 Å². The first-order valence-corrected chi connectivity index (χ1v) is 8.92. The van der Waals surface area contributed by atoms with Crippen molar-refractivity contribution in [2.75, 3.05) is 6.54 Å². The standard InChI is InChI=1S/C19H16BrFN2O3/c20-13-7-8-16(21)12(10-13)11-22-17(24)6-3-9-23-18(25)14-4-1-2-5-15(14)19(23)26/h1-2,4-5,7-8,10H,3,6,9,11H2,(H,22,24). The van der Waals surface area contributed by atoms with Crippen LogP contribution in [0.2, 0.25) is 0 Å². The molecule has 0 unspecified atom stereocenters. The number of nitrogens with one attached hydrogen (secondary N) is 1. The molecule has 1 aliphatic heterocycles. The lowest BCUT2D eigenvalue weighted by Gasteiger charge is -2.13. The normalized spacial score (nSPS) is 13.1. The summed E-state index contributed by atoms with van der Waals surface area (Å²) >= 11 is 3.26. The summed E-state index contributed by atoms with van der Waals surface area (Å²) in [7, 11) is 0. The average Bonchev–Trinajstić information content (AvgIpc) is 2.88. The molecule has 1 heterocycles. The zero-order valence-corrected chi connectivity index (χ0v) is 15.4. The number of carbonyl (C=O) groups excluding carboxylic acids is 3. The summed E-state index contributed by atoms with van der Waals surface area (Å²) in [6.45, 7) is 0.252. The van der Waals surface area contributed by atoms with Crippen LogP contribution in [0.15, 0.2) is 46.9 Å². The Morgan fingerprint density at radius 1 is 1.08 bits per heavy atom. The summed E-state index contributed by atoms with van der Waals surface area (Å²) < 4.78 is 14.4. The highest BCUT2D eigenvalue weighted by Gasteiger charge is 2.34. The predicted molar refractivity (Wildman–Crippen MR) is 97.0 cm³/mol. The molecule has 0 atom stereocenters. The molecule has 5 nitrogen and oxygen atoms in total. The summed E-state index contributed by atoms with van der Waals surface area (Å²) in [5, 5.41) is 2.64. The second-order valence-corrected chi connectivity index (χ2v) is 6.84. The van der Waals surface area contributed by atoms with Crippen molar-refractivity contribution < 1.29 is 18.8 Å². The highest BCUT2D eigenvalue weighted by atomic mass is 79.9. The molecule has 1 N–H and O–H groups in total. The van der Waals surface area contributed by atoms with Crippen LogP contribution >= 0.6 is 15.9 Å². The molecule has 0 bridgehead atoms. The van der Waals surface area contributed by atoms with Gasteiger partial charge in [0.15, 0.2) is 0 Å². The topological polar surface area (TPSA) is 66.5 Å². The zero-order chi connectivity index (χ0) is 18.7. The van der Waals surface area contributed by atoms with Gasteiger partial charge >= 0.3 is 0 Å². The first-order valence-electron chi connectivity index (χ1n) is 8.13. The van der Waals surface area contributed by atoms with Gasteiger partial charge in [0.2, 0.25) is 5.91 Å². The van der Waals surface area contributed by atoms with Crippen LogP contribution in [0.25, 0.3) is 0 Å². The van der Waals surface area contributed by atoms with E-state index in [9.17, 15) is 18.8 Å². The van der Waals surface area contributed by atoms with Crippen LogP contribution in [0.4, 0.5) is 4.39 Å². The van der Waals surface area contributed by atoms with Crippen molar-refractivity contribution >= 4 is 33.7 Å². The molecular weight excluding hydrogens is 403 g/mol. The number of benzene rings is 2. The quantitative estimate of drug-likeness (QED) is 0.731. The lowest BCUT2D eigenvalue weighted by molar-refractivity contribution is -0.121. The van der Waals surface area contributed by atoms with Crippen molar-refractivity contribution in [2.45, 2.75) is 19.4 Å². The number of hydrogen-bond acceptors (Lipinski definition) is 3. The summed E-state index contributed by atoms with van der Waals surface area (Å²) in [5.74, 6) is -1.31. The van der Waals surface area contributed by atoms with Crippen LogP contribution in [0, 0.1) is 5.82 Å². The van der Waals surface area contributed by atoms with Crippen molar-refractivity contribution in [1.82, 2.24) is 10.2 Å². The van der Waals surface area contributed by atoms with E-state index in [0.717, 1.165) is 9.37 Å². The van der Waals surface area contributed by atoms with Crippen molar-refractivity contribution in [1.29, 1.82) is 0 Å². The lowest BCUT2D eigenvalue weighted by Crippen LogP contribution is -2.32. The summed E-state index contributed by atoms with van der Waals surface area (Å²) in [6, 6.07) is 11.2. The molecule has 3 rings (SSSR count). The van der Waals surface area contributed by atoms with Crippen molar-refractivity contribution in [2.24, 2.45) is 0 Å². The highest BCUT2D eigenvalue weighted by Crippen LogP contribution is 2.22. The molecule has 26 heavy (non-hydrogen) atoms. The second kappa shape index (κ2) is 7.78. The minimum Gasteiger partial charge on any atom is -0.352 e. The Bertz CT molecular complexity index is 850. The van der Waals surface area contributed by atoms with E-state index in [-0.39, 0.29) is 43.0 Å². The van der Waals surface area contributed by atoms with E-state index < -0.39 is 0 Å². The van der Waals surface area contributed by atoms with E-state index in [2.05, 4.69) is 21.2 Å². The third-order valence-electron chi connectivity index (χ3n) is 4.15. The smallest absolute Gasteiger partial charge is 0.261 e. The molecule has 0 aromatic heterocycles. The number of nitrogens with zero attached hydrogens (tertiary/aromatic N) is 1. The fraction of sp³-hybridized carbons (Fsp3) is 0.211. The van der Waals surface area contributed by atoms with E-state index in [1.165, 1.54) is 6.07 Å².